The van der Waals surface area contributed by atoms with Crippen molar-refractivity contribution in [2.24, 2.45) is 5.92 Å². The van der Waals surface area contributed by atoms with Crippen LogP contribution in [-0.4, -0.2) is 18.4 Å². The van der Waals surface area contributed by atoms with Crippen LogP contribution in [0.1, 0.15) is 35.2 Å². The second-order valence-electron chi connectivity index (χ2n) is 7.60. The minimum Gasteiger partial charge on any atom is -0.399 e. The first-order valence-corrected chi connectivity index (χ1v) is 10.7. The minimum absolute atomic E-state index is 0.0102. The lowest BCUT2D eigenvalue weighted by molar-refractivity contribution is -0.120. The van der Waals surface area contributed by atoms with Crippen LogP contribution in [0.3, 0.4) is 0 Å². The average molecular weight is 416 g/mol. The van der Waals surface area contributed by atoms with Gasteiger partial charge in [0.15, 0.2) is 0 Å². The van der Waals surface area contributed by atoms with Crippen LogP contribution in [0.15, 0.2) is 84.9 Å². The van der Waals surface area contributed by atoms with Crippen molar-refractivity contribution in [2.45, 2.75) is 25.7 Å². The molecule has 1 atom stereocenters. The number of hydrogen-bond donors (Lipinski definition) is 3. The maximum Gasteiger partial charge on any atom is 0.251 e. The summed E-state index contributed by atoms with van der Waals surface area (Å²) in [6.45, 7) is 0.532. The molecule has 2 amide bonds. The third-order valence-corrected chi connectivity index (χ3v) is 5.22. The van der Waals surface area contributed by atoms with Crippen LogP contribution in [0, 0.1) is 5.92 Å². The lowest BCUT2D eigenvalue weighted by Gasteiger charge is -2.17. The number of aryl methyl sites for hydroxylation is 1. The summed E-state index contributed by atoms with van der Waals surface area (Å²) in [6.07, 6.45) is 2.95. The van der Waals surface area contributed by atoms with Gasteiger partial charge in [0.05, 0.1) is 0 Å². The van der Waals surface area contributed by atoms with Crippen LogP contribution >= 0.6 is 0 Å². The van der Waals surface area contributed by atoms with E-state index in [4.69, 9.17) is 5.73 Å². The Kier molecular flexibility index (Phi) is 8.23. The van der Waals surface area contributed by atoms with Crippen molar-refractivity contribution in [3.8, 4) is 0 Å². The number of amides is 2. The van der Waals surface area contributed by atoms with Crippen molar-refractivity contribution < 1.29 is 9.59 Å². The Balaban J connectivity index is 1.54. The minimum atomic E-state index is -0.147. The SMILES string of the molecule is Nc1ccc(CCC(CCCNC(=O)c2ccccc2)C(=O)Nc2ccccc2)cc1. The normalized spacial score (nSPS) is 11.5. The molecule has 1 unspecified atom stereocenters. The van der Waals surface area contributed by atoms with Gasteiger partial charge in [-0.15, -0.1) is 0 Å². The number of nitrogens with one attached hydrogen (secondary N) is 2. The van der Waals surface area contributed by atoms with Gasteiger partial charge in [0.25, 0.3) is 5.91 Å². The molecule has 160 valence electrons. The Hall–Kier alpha value is -3.60. The van der Waals surface area contributed by atoms with E-state index in [1.165, 1.54) is 0 Å². The van der Waals surface area contributed by atoms with E-state index in [-0.39, 0.29) is 17.7 Å². The Morgan fingerprint density at radius 3 is 2.13 bits per heavy atom. The van der Waals surface area contributed by atoms with Crippen LogP contribution in [0.2, 0.25) is 0 Å². The number of carbonyl (C=O) groups excluding carboxylic acids is 2. The van der Waals surface area contributed by atoms with Crippen LogP contribution in [-0.2, 0) is 11.2 Å². The molecule has 3 aromatic rings. The molecule has 0 saturated heterocycles. The van der Waals surface area contributed by atoms with Gasteiger partial charge >= 0.3 is 0 Å². The summed E-state index contributed by atoms with van der Waals surface area (Å²) >= 11 is 0. The number of benzene rings is 3. The van der Waals surface area contributed by atoms with E-state index in [2.05, 4.69) is 10.6 Å². The Labute approximate surface area is 183 Å². The predicted octanol–water partition coefficient (Wildman–Crippen LogP) is 4.67. The molecule has 3 aromatic carbocycles. The van der Waals surface area contributed by atoms with E-state index in [1.54, 1.807) is 12.1 Å². The quantitative estimate of drug-likeness (QED) is 0.332. The Morgan fingerprint density at radius 1 is 0.806 bits per heavy atom. The average Bonchev–Trinajstić information content (AvgIpc) is 2.80. The van der Waals surface area contributed by atoms with Crippen LogP contribution in [0.5, 0.6) is 0 Å². The number of nitrogen functional groups attached to an aromatic ring is 1. The zero-order valence-electron chi connectivity index (χ0n) is 17.6. The first-order chi connectivity index (χ1) is 15.1. The van der Waals surface area contributed by atoms with E-state index < -0.39 is 0 Å². The molecule has 31 heavy (non-hydrogen) atoms. The van der Waals surface area contributed by atoms with E-state index in [0.717, 1.165) is 36.2 Å². The largest absolute Gasteiger partial charge is 0.399 e. The van der Waals surface area contributed by atoms with Gasteiger partial charge in [0.1, 0.15) is 0 Å². The summed E-state index contributed by atoms with van der Waals surface area (Å²) in [5.41, 5.74) is 9.09. The van der Waals surface area contributed by atoms with Gasteiger partial charge in [0, 0.05) is 29.4 Å². The number of rotatable bonds is 10. The first kappa shape index (κ1) is 22.1. The fourth-order valence-corrected chi connectivity index (χ4v) is 3.44. The number of nitrogens with two attached hydrogens (primary N) is 1. The highest BCUT2D eigenvalue weighted by Crippen LogP contribution is 2.19. The molecule has 3 rings (SSSR count). The van der Waals surface area contributed by atoms with Crippen molar-refractivity contribution in [1.82, 2.24) is 5.32 Å². The summed E-state index contributed by atoms with van der Waals surface area (Å²) in [5, 5.41) is 5.96. The van der Waals surface area contributed by atoms with Crippen LogP contribution in [0.4, 0.5) is 11.4 Å². The van der Waals surface area contributed by atoms with Crippen molar-refractivity contribution in [3.63, 3.8) is 0 Å². The smallest absolute Gasteiger partial charge is 0.251 e. The lowest BCUT2D eigenvalue weighted by Crippen LogP contribution is -2.27. The fraction of sp³-hybridized carbons (Fsp3) is 0.231. The second kappa shape index (κ2) is 11.6. The van der Waals surface area contributed by atoms with E-state index in [0.29, 0.717) is 18.5 Å². The number of carbonyl (C=O) groups is 2. The second-order valence-corrected chi connectivity index (χ2v) is 7.60. The maximum atomic E-state index is 12.9. The summed E-state index contributed by atoms with van der Waals surface area (Å²) in [7, 11) is 0. The van der Waals surface area contributed by atoms with Gasteiger partial charge in [-0.3, -0.25) is 9.59 Å². The molecule has 0 aliphatic heterocycles. The monoisotopic (exact) mass is 415 g/mol. The van der Waals surface area contributed by atoms with Gasteiger partial charge in [-0.25, -0.2) is 0 Å². The van der Waals surface area contributed by atoms with Gasteiger partial charge in [-0.05, 0) is 67.6 Å². The first-order valence-electron chi connectivity index (χ1n) is 10.7. The molecule has 5 nitrogen and oxygen atoms in total. The third-order valence-electron chi connectivity index (χ3n) is 5.22. The van der Waals surface area contributed by atoms with Gasteiger partial charge < -0.3 is 16.4 Å². The summed E-state index contributed by atoms with van der Waals surface area (Å²) in [4.78, 5) is 25.1. The summed E-state index contributed by atoms with van der Waals surface area (Å²) < 4.78 is 0. The Morgan fingerprint density at radius 2 is 1.45 bits per heavy atom. The number of para-hydroxylation sites is 1. The van der Waals surface area contributed by atoms with Crippen molar-refractivity contribution >= 4 is 23.2 Å². The van der Waals surface area contributed by atoms with E-state index in [1.807, 2.05) is 72.8 Å². The van der Waals surface area contributed by atoms with Gasteiger partial charge in [-0.2, -0.15) is 0 Å². The van der Waals surface area contributed by atoms with E-state index >= 15 is 0 Å². The van der Waals surface area contributed by atoms with Crippen LogP contribution in [0.25, 0.3) is 0 Å². The fourth-order valence-electron chi connectivity index (χ4n) is 3.44. The molecule has 0 saturated carbocycles. The highest BCUT2D eigenvalue weighted by atomic mass is 16.2. The van der Waals surface area contributed by atoms with Crippen molar-refractivity contribution in [2.75, 3.05) is 17.6 Å². The number of anilines is 2. The van der Waals surface area contributed by atoms with Crippen molar-refractivity contribution in [3.05, 3.63) is 96.1 Å². The van der Waals surface area contributed by atoms with Gasteiger partial charge in [-0.1, -0.05) is 48.5 Å². The maximum absolute atomic E-state index is 12.9. The zero-order valence-corrected chi connectivity index (χ0v) is 17.6. The van der Waals surface area contributed by atoms with Crippen LogP contribution < -0.4 is 16.4 Å². The number of hydrogen-bond acceptors (Lipinski definition) is 3. The third kappa shape index (κ3) is 7.30. The summed E-state index contributed by atoms with van der Waals surface area (Å²) in [6, 6.07) is 26.4. The molecular weight excluding hydrogens is 386 g/mol. The lowest BCUT2D eigenvalue weighted by atomic mass is 9.94. The highest BCUT2D eigenvalue weighted by Gasteiger charge is 2.18. The zero-order chi connectivity index (χ0) is 21.9. The molecule has 0 spiro atoms. The van der Waals surface area contributed by atoms with Gasteiger partial charge in [0.2, 0.25) is 5.91 Å². The van der Waals surface area contributed by atoms with E-state index in [9.17, 15) is 9.59 Å². The molecule has 0 aliphatic carbocycles. The van der Waals surface area contributed by atoms with Crippen molar-refractivity contribution in [1.29, 1.82) is 0 Å². The molecule has 0 bridgehead atoms. The molecule has 0 aromatic heterocycles. The predicted molar refractivity (Wildman–Crippen MR) is 126 cm³/mol. The highest BCUT2D eigenvalue weighted by molar-refractivity contribution is 5.94. The molecular formula is C26H29N3O2. The molecule has 0 aliphatic rings. The topological polar surface area (TPSA) is 84.2 Å². The standard InChI is InChI=1S/C26H29N3O2/c27-23-17-14-20(15-18-23)13-16-22(26(31)29-24-11-5-2-6-12-24)10-7-19-28-25(30)21-8-3-1-4-9-21/h1-6,8-9,11-12,14-15,17-18,22H,7,10,13,16,19,27H2,(H,28,30)(H,29,31). The summed E-state index contributed by atoms with van der Waals surface area (Å²) in [5.74, 6) is -0.227. The molecule has 4 N–H and O–H groups in total. The Bertz CT molecular complexity index is 957. The molecule has 0 heterocycles. The molecule has 5 heteroatoms. The molecule has 0 fully saturated rings. The molecule has 0 radical (unpaired) electrons.